The van der Waals surface area contributed by atoms with Gasteiger partial charge in [0.15, 0.2) is 0 Å². The molecule has 2 aromatic carbocycles. The molecule has 0 aromatic heterocycles. The van der Waals surface area contributed by atoms with E-state index >= 15 is 0 Å². The monoisotopic (exact) mass is 556 g/mol. The van der Waals surface area contributed by atoms with E-state index in [1.807, 2.05) is 32.0 Å². The molecule has 1 unspecified atom stereocenters. The molecule has 0 spiro atoms. The average Bonchev–Trinajstić information content (AvgIpc) is 3.26. The molecule has 2 N–H and O–H groups in total. The Balaban J connectivity index is 1.07. The van der Waals surface area contributed by atoms with Gasteiger partial charge >= 0.3 is 6.09 Å². The first kappa shape index (κ1) is 28.9. The number of nitrogens with two attached hydrogens (primary N) is 1. The molecule has 1 fully saturated rings. The number of sulfonamides is 1. The third-order valence-electron chi connectivity index (χ3n) is 6.48. The van der Waals surface area contributed by atoms with E-state index in [1.165, 1.54) is 12.1 Å². The Kier molecular flexibility index (Phi) is 9.51. The quantitative estimate of drug-likeness (QED) is 0.320. The van der Waals surface area contributed by atoms with Crippen LogP contribution in [-0.2, 0) is 30.8 Å². The van der Waals surface area contributed by atoms with Crippen LogP contribution < -0.4 is 9.88 Å². The van der Waals surface area contributed by atoms with Gasteiger partial charge in [0.25, 0.3) is 0 Å². The van der Waals surface area contributed by atoms with Crippen molar-refractivity contribution in [3.8, 4) is 17.6 Å². The normalized spacial score (nSPS) is 18.1. The van der Waals surface area contributed by atoms with E-state index in [-0.39, 0.29) is 17.1 Å². The van der Waals surface area contributed by atoms with Crippen molar-refractivity contribution in [3.63, 3.8) is 0 Å². The smallest absolute Gasteiger partial charge is 0.410 e. The fourth-order valence-corrected chi connectivity index (χ4v) is 4.95. The molecule has 0 aliphatic carbocycles. The fraction of sp³-hybridized carbons (Fsp3) is 0.483. The molecule has 2 aromatic rings. The number of carbonyl (C=O) groups is 1. The highest BCUT2D eigenvalue weighted by Gasteiger charge is 2.33. The SMILES string of the molecule is CC1(C)OCc2cc(C3CN(CCCCCOCCCC#Cc4cccc(S(N)(=O)=O)c4)C(=O)O3)ccc2O1. The molecule has 1 saturated heterocycles. The highest BCUT2D eigenvalue weighted by atomic mass is 32.2. The van der Waals surface area contributed by atoms with Gasteiger partial charge < -0.3 is 23.8 Å². The van der Waals surface area contributed by atoms with E-state index in [4.69, 9.17) is 24.1 Å². The second-order valence-electron chi connectivity index (χ2n) is 10.1. The second-order valence-corrected chi connectivity index (χ2v) is 11.7. The summed E-state index contributed by atoms with van der Waals surface area (Å²) in [7, 11) is -3.73. The number of fused-ring (bicyclic) bond motifs is 1. The second kappa shape index (κ2) is 12.8. The Morgan fingerprint density at radius 3 is 2.74 bits per heavy atom. The van der Waals surface area contributed by atoms with Gasteiger partial charge in [-0.15, -0.1) is 0 Å². The lowest BCUT2D eigenvalue weighted by molar-refractivity contribution is -0.180. The highest BCUT2D eigenvalue weighted by Crippen LogP contribution is 2.35. The zero-order chi connectivity index (χ0) is 27.9. The topological polar surface area (TPSA) is 117 Å². The molecule has 0 radical (unpaired) electrons. The molecule has 9 nitrogen and oxygen atoms in total. The van der Waals surface area contributed by atoms with Gasteiger partial charge in [0.05, 0.1) is 18.0 Å². The summed E-state index contributed by atoms with van der Waals surface area (Å²) >= 11 is 0. The summed E-state index contributed by atoms with van der Waals surface area (Å²) in [4.78, 5) is 14.2. The lowest BCUT2D eigenvalue weighted by Crippen LogP contribution is -2.35. The van der Waals surface area contributed by atoms with Crippen molar-refractivity contribution in [1.82, 2.24) is 4.90 Å². The van der Waals surface area contributed by atoms with E-state index in [0.717, 1.165) is 42.6 Å². The molecule has 0 saturated carbocycles. The Labute approximate surface area is 230 Å². The molecule has 210 valence electrons. The number of nitrogens with zero attached hydrogens (tertiary/aromatic N) is 1. The lowest BCUT2D eigenvalue weighted by Gasteiger charge is -2.32. The van der Waals surface area contributed by atoms with Crippen LogP contribution in [0.4, 0.5) is 4.79 Å². The maximum Gasteiger partial charge on any atom is 0.410 e. The summed E-state index contributed by atoms with van der Waals surface area (Å²) in [6.45, 7) is 6.70. The minimum absolute atomic E-state index is 0.0591. The number of hydrogen-bond donors (Lipinski definition) is 1. The summed E-state index contributed by atoms with van der Waals surface area (Å²) < 4.78 is 45.7. The van der Waals surface area contributed by atoms with E-state index in [2.05, 4.69) is 11.8 Å². The number of ether oxygens (including phenoxy) is 4. The van der Waals surface area contributed by atoms with Gasteiger partial charge in [0.1, 0.15) is 11.9 Å². The molecule has 2 aliphatic rings. The van der Waals surface area contributed by atoms with Crippen molar-refractivity contribution in [2.75, 3.05) is 26.3 Å². The Hall–Kier alpha value is -3.10. The van der Waals surface area contributed by atoms with Gasteiger partial charge in [-0.2, -0.15) is 0 Å². The molecule has 4 rings (SSSR count). The van der Waals surface area contributed by atoms with E-state index < -0.39 is 15.8 Å². The van der Waals surface area contributed by atoms with Crippen LogP contribution in [0.1, 0.15) is 68.7 Å². The fourth-order valence-electron chi connectivity index (χ4n) is 4.39. The van der Waals surface area contributed by atoms with Crippen molar-refractivity contribution >= 4 is 16.1 Å². The van der Waals surface area contributed by atoms with Crippen LogP contribution in [0.3, 0.4) is 0 Å². The minimum Gasteiger partial charge on any atom is -0.463 e. The van der Waals surface area contributed by atoms with Gasteiger partial charge in [0.2, 0.25) is 15.8 Å². The first-order valence-electron chi connectivity index (χ1n) is 13.2. The van der Waals surface area contributed by atoms with Crippen LogP contribution in [0, 0.1) is 11.8 Å². The van der Waals surface area contributed by atoms with Crippen molar-refractivity contribution in [1.29, 1.82) is 0 Å². The summed E-state index contributed by atoms with van der Waals surface area (Å²) in [5, 5.41) is 5.15. The zero-order valence-corrected chi connectivity index (χ0v) is 23.3. The van der Waals surface area contributed by atoms with E-state index in [9.17, 15) is 13.2 Å². The lowest BCUT2D eigenvalue weighted by atomic mass is 10.0. The van der Waals surface area contributed by atoms with Gasteiger partial charge in [-0.1, -0.05) is 24.0 Å². The molecular weight excluding hydrogens is 520 g/mol. The Morgan fingerprint density at radius 2 is 1.92 bits per heavy atom. The standard InChI is InChI=1S/C29H36N2O7S/c1-29(2)36-21-24-19-23(13-14-26(24)38-29)27-20-31(28(32)37-27)15-6-4-8-17-35-16-7-3-5-10-22-11-9-12-25(18-22)39(30,33)34/h9,11-14,18-19,27H,3-4,6-8,15-17,20-21H2,1-2H3,(H2,30,33,34). The predicted octanol–water partition coefficient (Wildman–Crippen LogP) is 4.49. The number of hydrogen-bond acceptors (Lipinski definition) is 7. The van der Waals surface area contributed by atoms with Crippen LogP contribution >= 0.6 is 0 Å². The molecule has 2 heterocycles. The number of unbranched alkanes of at least 4 members (excludes halogenated alkanes) is 3. The molecule has 39 heavy (non-hydrogen) atoms. The third-order valence-corrected chi connectivity index (χ3v) is 7.39. The van der Waals surface area contributed by atoms with Crippen molar-refractivity contribution in [3.05, 3.63) is 59.2 Å². The molecule has 10 heteroatoms. The van der Waals surface area contributed by atoms with Gasteiger partial charge in [-0.3, -0.25) is 0 Å². The van der Waals surface area contributed by atoms with Crippen LogP contribution in [0.5, 0.6) is 5.75 Å². The minimum atomic E-state index is -3.73. The summed E-state index contributed by atoms with van der Waals surface area (Å²) in [6, 6.07) is 12.2. The number of carbonyl (C=O) groups excluding carboxylic acids is 1. The maximum absolute atomic E-state index is 12.4. The average molecular weight is 557 g/mol. The first-order valence-corrected chi connectivity index (χ1v) is 14.8. The largest absolute Gasteiger partial charge is 0.463 e. The summed E-state index contributed by atoms with van der Waals surface area (Å²) in [5.41, 5.74) is 2.53. The maximum atomic E-state index is 12.4. The number of amides is 1. The van der Waals surface area contributed by atoms with Gasteiger partial charge in [-0.25, -0.2) is 18.4 Å². The Bertz CT molecular complexity index is 1330. The molecule has 0 bridgehead atoms. The predicted molar refractivity (Wildman–Crippen MR) is 145 cm³/mol. The van der Waals surface area contributed by atoms with Crippen LogP contribution in [0.15, 0.2) is 47.4 Å². The van der Waals surface area contributed by atoms with E-state index in [0.29, 0.717) is 44.9 Å². The van der Waals surface area contributed by atoms with Crippen LogP contribution in [-0.4, -0.2) is 51.5 Å². The van der Waals surface area contributed by atoms with E-state index in [1.54, 1.807) is 17.0 Å². The van der Waals surface area contributed by atoms with Crippen molar-refractivity contribution in [2.45, 2.75) is 69.3 Å². The van der Waals surface area contributed by atoms with Crippen molar-refractivity contribution in [2.24, 2.45) is 5.14 Å². The number of cyclic esters (lactones) is 1. The molecular formula is C29H36N2O7S. The highest BCUT2D eigenvalue weighted by molar-refractivity contribution is 7.89. The first-order chi connectivity index (χ1) is 18.6. The summed E-state index contributed by atoms with van der Waals surface area (Å²) in [5.74, 6) is 6.16. The summed E-state index contributed by atoms with van der Waals surface area (Å²) in [6.07, 6.45) is 3.64. The van der Waals surface area contributed by atoms with Crippen LogP contribution in [0.25, 0.3) is 0 Å². The Morgan fingerprint density at radius 1 is 1.10 bits per heavy atom. The third kappa shape index (κ3) is 8.44. The zero-order valence-electron chi connectivity index (χ0n) is 22.5. The van der Waals surface area contributed by atoms with Crippen LogP contribution in [0.2, 0.25) is 0 Å². The number of benzene rings is 2. The number of rotatable bonds is 11. The van der Waals surface area contributed by atoms with Gasteiger partial charge in [-0.05, 0) is 61.6 Å². The molecule has 1 atom stereocenters. The molecule has 1 amide bonds. The van der Waals surface area contributed by atoms with Gasteiger partial charge in [0, 0.05) is 51.2 Å². The number of primary sulfonamides is 1. The molecule has 2 aliphatic heterocycles. The van der Waals surface area contributed by atoms with Crippen molar-refractivity contribution < 1.29 is 32.2 Å².